The second-order valence-corrected chi connectivity index (χ2v) is 4.39. The van der Waals surface area contributed by atoms with Crippen molar-refractivity contribution in [2.24, 2.45) is 10.4 Å². The summed E-state index contributed by atoms with van der Waals surface area (Å²) in [5.74, 6) is 0. The Morgan fingerprint density at radius 2 is 1.79 bits per heavy atom. The second kappa shape index (κ2) is 4.94. The van der Waals surface area contributed by atoms with Crippen molar-refractivity contribution in [3.05, 3.63) is 35.6 Å². The summed E-state index contributed by atoms with van der Waals surface area (Å²) < 4.78 is 0. The van der Waals surface area contributed by atoms with Crippen molar-refractivity contribution in [2.45, 2.75) is 34.6 Å². The van der Waals surface area contributed by atoms with Crippen molar-refractivity contribution in [1.29, 1.82) is 0 Å². The number of nitrogens with zero attached hydrogens (tertiary/aromatic N) is 1. The van der Waals surface area contributed by atoms with Crippen LogP contribution in [0.25, 0.3) is 0 Å². The van der Waals surface area contributed by atoms with E-state index < -0.39 is 0 Å². The molecule has 0 spiro atoms. The van der Waals surface area contributed by atoms with Gasteiger partial charge in [-0.3, -0.25) is 4.99 Å². The van der Waals surface area contributed by atoms with Gasteiger partial charge in [-0.05, 0) is 31.6 Å². The lowest BCUT2D eigenvalue weighted by molar-refractivity contribution is 0.500. The molecule has 0 saturated carbocycles. The van der Waals surface area contributed by atoms with Gasteiger partial charge in [-0.2, -0.15) is 0 Å². The lowest BCUT2D eigenvalue weighted by atomic mass is 9.83. The Morgan fingerprint density at radius 1 is 1.29 bits per heavy atom. The third-order valence-corrected chi connectivity index (χ3v) is 2.36. The number of hydrogen-bond acceptors (Lipinski definition) is 1. The fourth-order valence-electron chi connectivity index (χ4n) is 1.09. The van der Waals surface area contributed by atoms with Crippen molar-refractivity contribution in [3.63, 3.8) is 0 Å². The van der Waals surface area contributed by atoms with Crippen LogP contribution in [0.3, 0.4) is 0 Å². The van der Waals surface area contributed by atoms with Gasteiger partial charge in [0.05, 0.1) is 5.70 Å². The van der Waals surface area contributed by atoms with Gasteiger partial charge >= 0.3 is 0 Å². The molecule has 0 N–H and O–H groups in total. The van der Waals surface area contributed by atoms with Gasteiger partial charge in [0.1, 0.15) is 0 Å². The van der Waals surface area contributed by atoms with Crippen LogP contribution in [0.2, 0.25) is 0 Å². The highest BCUT2D eigenvalue weighted by molar-refractivity contribution is 5.46. The molecular formula is C13H21N. The Hall–Kier alpha value is -1.11. The molecule has 0 aromatic carbocycles. The molecule has 0 amide bonds. The lowest BCUT2D eigenvalue weighted by Gasteiger charge is -2.22. The minimum atomic E-state index is 0.141. The lowest BCUT2D eigenvalue weighted by Crippen LogP contribution is -2.09. The highest BCUT2D eigenvalue weighted by Crippen LogP contribution is 2.30. The van der Waals surface area contributed by atoms with Gasteiger partial charge < -0.3 is 0 Å². The highest BCUT2D eigenvalue weighted by atomic mass is 14.7. The van der Waals surface area contributed by atoms with Crippen LogP contribution in [-0.2, 0) is 0 Å². The summed E-state index contributed by atoms with van der Waals surface area (Å²) in [6.45, 7) is 18.1. The van der Waals surface area contributed by atoms with E-state index in [1.54, 1.807) is 0 Å². The standard InChI is InChI=1S/C13H21N/c1-8-9-12(11(3)14-7)10(2)13(4,5)6/h8-9H,3,7H2,1-2,4-6H3/b9-8-,12-10+. The molecule has 0 fully saturated rings. The van der Waals surface area contributed by atoms with Crippen LogP contribution >= 0.6 is 0 Å². The highest BCUT2D eigenvalue weighted by Gasteiger charge is 2.16. The van der Waals surface area contributed by atoms with Crippen LogP contribution in [0.1, 0.15) is 34.6 Å². The molecule has 0 saturated heterocycles. The van der Waals surface area contributed by atoms with Crippen molar-refractivity contribution in [1.82, 2.24) is 0 Å². The average Bonchev–Trinajstić information content (AvgIpc) is 2.10. The van der Waals surface area contributed by atoms with E-state index in [9.17, 15) is 0 Å². The summed E-state index contributed by atoms with van der Waals surface area (Å²) in [5, 5.41) is 0. The summed E-state index contributed by atoms with van der Waals surface area (Å²) in [4.78, 5) is 3.89. The largest absolute Gasteiger partial charge is 0.265 e. The Morgan fingerprint density at radius 3 is 2.07 bits per heavy atom. The molecule has 0 aliphatic carbocycles. The van der Waals surface area contributed by atoms with Gasteiger partial charge in [0.15, 0.2) is 0 Å². The molecule has 0 aromatic rings. The summed E-state index contributed by atoms with van der Waals surface area (Å²) in [5.41, 5.74) is 3.26. The minimum absolute atomic E-state index is 0.141. The van der Waals surface area contributed by atoms with E-state index in [1.807, 2.05) is 19.1 Å². The number of aliphatic imine (C=N–C) groups is 1. The summed E-state index contributed by atoms with van der Waals surface area (Å²) >= 11 is 0. The van der Waals surface area contributed by atoms with Crippen LogP contribution in [0.15, 0.2) is 40.6 Å². The van der Waals surface area contributed by atoms with Crippen LogP contribution < -0.4 is 0 Å². The molecule has 0 heterocycles. The van der Waals surface area contributed by atoms with Gasteiger partial charge in [-0.15, -0.1) is 0 Å². The van der Waals surface area contributed by atoms with Gasteiger partial charge in [0.25, 0.3) is 0 Å². The van der Waals surface area contributed by atoms with Crippen LogP contribution in [0.5, 0.6) is 0 Å². The quantitative estimate of drug-likeness (QED) is 0.469. The van der Waals surface area contributed by atoms with E-state index in [1.165, 1.54) is 5.57 Å². The minimum Gasteiger partial charge on any atom is -0.265 e. The molecule has 0 radical (unpaired) electrons. The first kappa shape index (κ1) is 12.9. The van der Waals surface area contributed by atoms with Crippen molar-refractivity contribution >= 4 is 6.72 Å². The molecule has 0 aliphatic heterocycles. The maximum absolute atomic E-state index is 3.89. The number of rotatable bonds is 3. The molecule has 0 rings (SSSR count). The average molecular weight is 191 g/mol. The monoisotopic (exact) mass is 191 g/mol. The molecule has 0 aromatic heterocycles. The molecule has 0 bridgehead atoms. The van der Waals surface area contributed by atoms with Crippen molar-refractivity contribution in [2.75, 3.05) is 0 Å². The molecule has 0 aliphatic rings. The molecule has 14 heavy (non-hydrogen) atoms. The predicted octanol–water partition coefficient (Wildman–Crippen LogP) is 4.14. The Labute approximate surface area is 87.9 Å². The van der Waals surface area contributed by atoms with Crippen LogP contribution in [0.4, 0.5) is 0 Å². The Kier molecular flexibility index (Phi) is 4.55. The van der Waals surface area contributed by atoms with E-state index in [0.29, 0.717) is 0 Å². The smallest absolute Gasteiger partial charge is 0.0622 e. The van der Waals surface area contributed by atoms with Crippen molar-refractivity contribution < 1.29 is 0 Å². The first-order valence-electron chi connectivity index (χ1n) is 4.84. The SMILES string of the molecule is C=NC(=C)C(/C=C\C)=C(\C)C(C)(C)C. The predicted molar refractivity (Wildman–Crippen MR) is 65.7 cm³/mol. The second-order valence-electron chi connectivity index (χ2n) is 4.39. The molecule has 1 nitrogen and oxygen atoms in total. The van der Waals surface area contributed by atoms with Gasteiger partial charge in [0.2, 0.25) is 0 Å². The Balaban J connectivity index is 5.38. The number of hydrogen-bond donors (Lipinski definition) is 0. The Bertz CT molecular complexity index is 285. The maximum Gasteiger partial charge on any atom is 0.0622 e. The van der Waals surface area contributed by atoms with Crippen LogP contribution in [-0.4, -0.2) is 6.72 Å². The van der Waals surface area contributed by atoms with Gasteiger partial charge in [0, 0.05) is 0 Å². The fraction of sp³-hybridized carbons (Fsp3) is 0.462. The zero-order chi connectivity index (χ0) is 11.4. The first-order chi connectivity index (χ1) is 6.34. The summed E-state index contributed by atoms with van der Waals surface area (Å²) in [7, 11) is 0. The van der Waals surface area contributed by atoms with E-state index in [4.69, 9.17) is 0 Å². The number of allylic oxidation sites excluding steroid dienone is 3. The zero-order valence-corrected chi connectivity index (χ0v) is 10.0. The molecular weight excluding hydrogens is 170 g/mol. The van der Waals surface area contributed by atoms with E-state index in [-0.39, 0.29) is 5.41 Å². The van der Waals surface area contributed by atoms with Gasteiger partial charge in [-0.1, -0.05) is 45.1 Å². The summed E-state index contributed by atoms with van der Waals surface area (Å²) in [6, 6.07) is 0. The molecule has 0 unspecified atom stereocenters. The van der Waals surface area contributed by atoms with E-state index >= 15 is 0 Å². The van der Waals surface area contributed by atoms with Crippen LogP contribution in [0, 0.1) is 5.41 Å². The first-order valence-corrected chi connectivity index (χ1v) is 4.84. The third-order valence-electron chi connectivity index (χ3n) is 2.36. The van der Waals surface area contributed by atoms with Gasteiger partial charge in [-0.25, -0.2) is 0 Å². The summed E-state index contributed by atoms with van der Waals surface area (Å²) in [6.07, 6.45) is 4.04. The van der Waals surface area contributed by atoms with E-state index in [0.717, 1.165) is 11.3 Å². The van der Waals surface area contributed by atoms with Crippen molar-refractivity contribution in [3.8, 4) is 0 Å². The molecule has 1 heteroatoms. The van der Waals surface area contributed by atoms with E-state index in [2.05, 4.69) is 46.0 Å². The topological polar surface area (TPSA) is 12.4 Å². The molecule has 78 valence electrons. The third kappa shape index (κ3) is 3.33. The normalized spacial score (nSPS) is 14.1. The fourth-order valence-corrected chi connectivity index (χ4v) is 1.09. The molecule has 0 atom stereocenters. The maximum atomic E-state index is 3.89. The zero-order valence-electron chi connectivity index (χ0n) is 10.0.